The molecular weight excluding hydrogens is 278 g/mol. The fourth-order valence-corrected chi connectivity index (χ4v) is 2.74. The third-order valence-corrected chi connectivity index (χ3v) is 3.54. The molecule has 1 saturated heterocycles. The number of rotatable bonds is 3. The predicted molar refractivity (Wildman–Crippen MR) is 74.9 cm³/mol. The van der Waals surface area contributed by atoms with Crippen LogP contribution in [-0.4, -0.2) is 44.5 Å². The minimum absolute atomic E-state index is 0.101. The van der Waals surface area contributed by atoms with Crippen LogP contribution in [0.5, 0.6) is 0 Å². The summed E-state index contributed by atoms with van der Waals surface area (Å²) < 4.78 is 1.42. The molecule has 21 heavy (non-hydrogen) atoms. The summed E-state index contributed by atoms with van der Waals surface area (Å²) in [7, 11) is 1.62. The van der Waals surface area contributed by atoms with E-state index in [-0.39, 0.29) is 18.3 Å². The Morgan fingerprint density at radius 2 is 2.43 bits per heavy atom. The molecule has 0 amide bonds. The van der Waals surface area contributed by atoms with Gasteiger partial charge in [0, 0.05) is 31.1 Å². The van der Waals surface area contributed by atoms with E-state index in [0.29, 0.717) is 25.2 Å². The van der Waals surface area contributed by atoms with Gasteiger partial charge in [-0.1, -0.05) is 5.11 Å². The monoisotopic (exact) mass is 295 g/mol. The average Bonchev–Trinajstić information content (AvgIpc) is 2.68. The van der Waals surface area contributed by atoms with E-state index in [1.54, 1.807) is 18.9 Å². The van der Waals surface area contributed by atoms with E-state index in [1.807, 2.05) is 0 Å². The molecule has 1 aromatic rings. The molecule has 10 nitrogen and oxygen atoms in total. The molecule has 2 heterocycles. The van der Waals surface area contributed by atoms with Gasteiger partial charge >= 0.3 is 5.69 Å². The van der Waals surface area contributed by atoms with Crippen molar-refractivity contribution in [1.29, 1.82) is 0 Å². The van der Waals surface area contributed by atoms with Crippen molar-refractivity contribution in [1.82, 2.24) is 9.78 Å². The van der Waals surface area contributed by atoms with E-state index in [2.05, 4.69) is 15.1 Å². The van der Waals surface area contributed by atoms with E-state index < -0.39 is 10.5 Å². The number of azide groups is 1. The predicted octanol–water partition coefficient (Wildman–Crippen LogP) is 1.36. The Balaban J connectivity index is 2.34. The molecule has 0 radical (unpaired) electrons. The maximum absolute atomic E-state index is 11.1. The van der Waals surface area contributed by atoms with Gasteiger partial charge in [-0.3, -0.25) is 10.1 Å². The fourth-order valence-electron chi connectivity index (χ4n) is 2.74. The molecule has 0 bridgehead atoms. The van der Waals surface area contributed by atoms with Crippen LogP contribution >= 0.6 is 0 Å². The first-order valence-electron chi connectivity index (χ1n) is 6.52. The summed E-state index contributed by atoms with van der Waals surface area (Å²) in [5.41, 5.74) is 7.35. The van der Waals surface area contributed by atoms with Crippen LogP contribution in [0.1, 0.15) is 19.8 Å². The third kappa shape index (κ3) is 3.23. The van der Waals surface area contributed by atoms with Crippen molar-refractivity contribution in [3.05, 3.63) is 26.8 Å². The Morgan fingerprint density at radius 1 is 1.71 bits per heavy atom. The normalized spacial score (nSPS) is 26.0. The zero-order valence-electron chi connectivity index (χ0n) is 11.9. The molecule has 0 unspecified atom stereocenters. The van der Waals surface area contributed by atoms with E-state index >= 15 is 0 Å². The maximum atomic E-state index is 11.1. The molecule has 0 spiro atoms. The highest BCUT2D eigenvalue weighted by Gasteiger charge is 2.35. The number of β-amino-alcohol motifs (C(OH)–C–C–N with tert-alkyl or cyclic N) is 1. The molecule has 114 valence electrons. The van der Waals surface area contributed by atoms with E-state index in [1.165, 1.54) is 10.9 Å². The number of hydrogen-bond donors (Lipinski definition) is 1. The van der Waals surface area contributed by atoms with Crippen LogP contribution in [0.2, 0.25) is 0 Å². The average molecular weight is 295 g/mol. The van der Waals surface area contributed by atoms with Gasteiger partial charge < -0.3 is 10.0 Å². The number of nitro groups is 1. The summed E-state index contributed by atoms with van der Waals surface area (Å²) in [4.78, 5) is 15.1. The highest BCUT2D eigenvalue weighted by molar-refractivity contribution is 5.57. The highest BCUT2D eigenvalue weighted by Crippen LogP contribution is 2.32. The molecular formula is C11H17N7O3. The summed E-state index contributed by atoms with van der Waals surface area (Å²) in [6.07, 6.45) is 2.03. The number of hydrogen-bond acceptors (Lipinski definition) is 6. The van der Waals surface area contributed by atoms with E-state index in [9.17, 15) is 15.2 Å². The molecule has 1 aromatic heterocycles. The van der Waals surface area contributed by atoms with Crippen molar-refractivity contribution in [2.45, 2.75) is 31.4 Å². The zero-order valence-corrected chi connectivity index (χ0v) is 11.9. The standard InChI is InChI=1S/C11H17N7O3/c1-11(19)5-8(14-15-12)3-4-17(7-11)10-9(18(20)21)6-13-16(10)2/h6,8,19H,3-5,7H2,1-2H3/t8-,11+/m0/s1. The summed E-state index contributed by atoms with van der Waals surface area (Å²) in [6, 6.07) is -0.331. The molecule has 0 aromatic carbocycles. The lowest BCUT2D eigenvalue weighted by atomic mass is 9.97. The van der Waals surface area contributed by atoms with Crippen LogP contribution in [0.3, 0.4) is 0 Å². The van der Waals surface area contributed by atoms with Crippen LogP contribution in [-0.2, 0) is 7.05 Å². The Labute approximate surface area is 120 Å². The summed E-state index contributed by atoms with van der Waals surface area (Å²) >= 11 is 0. The molecule has 1 aliphatic heterocycles. The van der Waals surface area contributed by atoms with Gasteiger partial charge in [-0.15, -0.1) is 0 Å². The fraction of sp³-hybridized carbons (Fsp3) is 0.727. The number of nitrogens with zero attached hydrogens (tertiary/aromatic N) is 7. The molecule has 1 fully saturated rings. The van der Waals surface area contributed by atoms with Crippen LogP contribution in [0, 0.1) is 10.1 Å². The Kier molecular flexibility index (Phi) is 4.01. The molecule has 2 atom stereocenters. The van der Waals surface area contributed by atoms with Gasteiger partial charge in [-0.2, -0.15) is 5.10 Å². The number of anilines is 1. The van der Waals surface area contributed by atoms with Crippen LogP contribution < -0.4 is 4.90 Å². The number of aromatic nitrogens is 2. The third-order valence-electron chi connectivity index (χ3n) is 3.54. The van der Waals surface area contributed by atoms with Crippen molar-refractivity contribution >= 4 is 11.5 Å². The van der Waals surface area contributed by atoms with E-state index in [4.69, 9.17) is 5.53 Å². The SMILES string of the molecule is Cn1ncc([N+](=O)[O-])c1N1CC[C@H](N=[N+]=[N-])C[C@@](C)(O)C1. The molecule has 0 saturated carbocycles. The first kappa shape index (κ1) is 15.1. The van der Waals surface area contributed by atoms with Gasteiger partial charge in [0.25, 0.3) is 0 Å². The van der Waals surface area contributed by atoms with Crippen molar-refractivity contribution in [3.63, 3.8) is 0 Å². The number of aryl methyl sites for hydroxylation is 1. The molecule has 1 aliphatic rings. The molecule has 1 N–H and O–H groups in total. The van der Waals surface area contributed by atoms with Gasteiger partial charge in [0.2, 0.25) is 5.82 Å². The Hall–Kier alpha value is -2.32. The lowest BCUT2D eigenvalue weighted by Crippen LogP contribution is -2.40. The summed E-state index contributed by atoms with van der Waals surface area (Å²) in [5, 5.41) is 29.1. The van der Waals surface area contributed by atoms with Crippen molar-refractivity contribution in [2.75, 3.05) is 18.0 Å². The summed E-state index contributed by atoms with van der Waals surface area (Å²) in [5.74, 6) is 0.349. The van der Waals surface area contributed by atoms with Crippen molar-refractivity contribution in [3.8, 4) is 0 Å². The summed E-state index contributed by atoms with van der Waals surface area (Å²) in [6.45, 7) is 2.29. The second-order valence-electron chi connectivity index (χ2n) is 5.50. The smallest absolute Gasteiger partial charge is 0.331 e. The number of aliphatic hydroxyl groups is 1. The first-order valence-corrected chi connectivity index (χ1v) is 6.52. The topological polar surface area (TPSA) is 133 Å². The minimum Gasteiger partial charge on any atom is -0.388 e. The Bertz CT molecular complexity index is 591. The van der Waals surface area contributed by atoms with Gasteiger partial charge in [-0.25, -0.2) is 4.68 Å². The van der Waals surface area contributed by atoms with E-state index in [0.717, 1.165) is 0 Å². The van der Waals surface area contributed by atoms with Crippen molar-refractivity contribution < 1.29 is 10.0 Å². The van der Waals surface area contributed by atoms with Crippen LogP contribution in [0.15, 0.2) is 11.3 Å². The van der Waals surface area contributed by atoms with Gasteiger partial charge in [0.05, 0.1) is 10.5 Å². The minimum atomic E-state index is -1.10. The van der Waals surface area contributed by atoms with Gasteiger partial charge in [-0.05, 0) is 25.3 Å². The second kappa shape index (κ2) is 5.58. The lowest BCUT2D eigenvalue weighted by molar-refractivity contribution is -0.384. The van der Waals surface area contributed by atoms with Crippen LogP contribution in [0.25, 0.3) is 10.4 Å². The quantitative estimate of drug-likeness (QED) is 0.295. The molecule has 10 heteroatoms. The lowest BCUT2D eigenvalue weighted by Gasteiger charge is -2.29. The second-order valence-corrected chi connectivity index (χ2v) is 5.50. The van der Waals surface area contributed by atoms with Gasteiger partial charge in [0.15, 0.2) is 0 Å². The zero-order chi connectivity index (χ0) is 15.6. The van der Waals surface area contributed by atoms with Crippen molar-refractivity contribution in [2.24, 2.45) is 12.2 Å². The van der Waals surface area contributed by atoms with Gasteiger partial charge in [0.1, 0.15) is 6.20 Å². The first-order chi connectivity index (χ1) is 9.84. The molecule has 0 aliphatic carbocycles. The highest BCUT2D eigenvalue weighted by atomic mass is 16.6. The molecule has 2 rings (SSSR count). The maximum Gasteiger partial charge on any atom is 0.331 e. The van der Waals surface area contributed by atoms with Crippen LogP contribution in [0.4, 0.5) is 11.5 Å². The largest absolute Gasteiger partial charge is 0.388 e. The Morgan fingerprint density at radius 3 is 3.05 bits per heavy atom.